The normalized spacial score (nSPS) is 16.2. The molecule has 8 rings (SSSR count). The van der Waals surface area contributed by atoms with Gasteiger partial charge in [-0.2, -0.15) is 13.2 Å². The molecular formula is C52H67ClF4N12O10. The minimum Gasteiger partial charge on any atom is -0.396 e. The van der Waals surface area contributed by atoms with Gasteiger partial charge in [0, 0.05) is 199 Å². The van der Waals surface area contributed by atoms with Gasteiger partial charge >= 0.3 is 17.1 Å². The lowest BCUT2D eigenvalue weighted by atomic mass is 10.1. The third-order valence-electron chi connectivity index (χ3n) is 13.7. The van der Waals surface area contributed by atoms with Crippen LogP contribution in [-0.2, 0) is 45.4 Å². The Balaban J connectivity index is 0.000000226. The number of nitro benzene ring substituents is 3. The van der Waals surface area contributed by atoms with Gasteiger partial charge in [0.2, 0.25) is 41.1 Å². The van der Waals surface area contributed by atoms with Crippen molar-refractivity contribution in [3.63, 3.8) is 0 Å². The van der Waals surface area contributed by atoms with E-state index in [1.807, 2.05) is 19.6 Å². The lowest BCUT2D eigenvalue weighted by molar-refractivity contribution is -0.387. The smallest absolute Gasteiger partial charge is 0.305 e. The summed E-state index contributed by atoms with van der Waals surface area (Å²) in [6.07, 6.45) is 0. The lowest BCUT2D eigenvalue weighted by Gasteiger charge is -2.34. The molecule has 0 unspecified atom stereocenters. The fraction of sp³-hybridized carbons (Fsp3) is 0.462. The third kappa shape index (κ3) is 18.9. The van der Waals surface area contributed by atoms with Crippen LogP contribution in [0.1, 0.15) is 49.9 Å². The van der Waals surface area contributed by atoms with E-state index >= 15 is 0 Å². The minimum atomic E-state index is -0.772. The predicted octanol–water partition coefficient (Wildman–Crippen LogP) is 5.69. The molecule has 2 N–H and O–H groups in total. The van der Waals surface area contributed by atoms with Crippen LogP contribution >= 0.6 is 12.4 Å². The van der Waals surface area contributed by atoms with E-state index in [0.717, 1.165) is 31.3 Å². The standard InChI is InChI=1S/3C13H16FN3O3.C13H18FN3O.ClH/c3*1-10(18)16-7-5-15(6-8-16)9-11-3-2-4-12(13(11)14)17(19)20;1-10(18)17-7-5-16(6-8-17)9-11-3-2-4-12(15)13(11)14;/h3*2-4H,5-9H2,1H3;2-4H,5-9,15H2,1H3;1H. The van der Waals surface area contributed by atoms with Crippen LogP contribution in [0.2, 0.25) is 0 Å². The zero-order valence-electron chi connectivity index (χ0n) is 44.6. The van der Waals surface area contributed by atoms with E-state index in [9.17, 15) is 67.1 Å². The fourth-order valence-corrected chi connectivity index (χ4v) is 9.06. The Bertz CT molecular complexity index is 2550. The van der Waals surface area contributed by atoms with Gasteiger partial charge in [-0.25, -0.2) is 4.39 Å². The number of amides is 4. The molecular weight excluding hydrogens is 1060 g/mol. The van der Waals surface area contributed by atoms with Crippen LogP contribution < -0.4 is 5.73 Å². The number of piperazine rings is 4. The Labute approximate surface area is 461 Å². The maximum Gasteiger partial charge on any atom is 0.305 e. The largest absolute Gasteiger partial charge is 0.396 e. The van der Waals surface area contributed by atoms with Crippen molar-refractivity contribution in [2.45, 2.75) is 53.9 Å². The second-order valence-electron chi connectivity index (χ2n) is 19.0. The molecule has 27 heteroatoms. The van der Waals surface area contributed by atoms with Gasteiger partial charge in [0.25, 0.3) is 0 Å². The molecule has 0 radical (unpaired) electrons. The Morgan fingerprint density at radius 3 is 0.797 bits per heavy atom. The molecule has 0 aromatic heterocycles. The average molecular weight is 1130 g/mol. The first-order chi connectivity index (χ1) is 37.0. The van der Waals surface area contributed by atoms with Crippen LogP contribution in [0.25, 0.3) is 0 Å². The number of nitrogen functional groups attached to an aromatic ring is 1. The number of nitrogens with two attached hydrogens (primary N) is 1. The highest BCUT2D eigenvalue weighted by molar-refractivity contribution is 5.85. The molecule has 0 saturated carbocycles. The van der Waals surface area contributed by atoms with Crippen LogP contribution in [0.15, 0.2) is 72.8 Å². The van der Waals surface area contributed by atoms with Crippen molar-refractivity contribution in [3.8, 4) is 0 Å². The molecule has 4 saturated heterocycles. The van der Waals surface area contributed by atoms with Gasteiger partial charge in [-0.1, -0.05) is 48.5 Å². The molecule has 4 fully saturated rings. The molecule has 22 nitrogen and oxygen atoms in total. The number of anilines is 1. The number of hydrogen-bond donors (Lipinski definition) is 1. The summed E-state index contributed by atoms with van der Waals surface area (Å²) in [5.74, 6) is -2.44. The van der Waals surface area contributed by atoms with Gasteiger partial charge in [0.05, 0.1) is 20.5 Å². The van der Waals surface area contributed by atoms with Crippen molar-refractivity contribution in [2.75, 3.05) is 110 Å². The lowest BCUT2D eigenvalue weighted by Crippen LogP contribution is -2.47. The molecule has 4 heterocycles. The topological polar surface area (TPSA) is 250 Å². The summed E-state index contributed by atoms with van der Waals surface area (Å²) in [6.45, 7) is 18.1. The maximum atomic E-state index is 14.0. The van der Waals surface area contributed by atoms with Crippen LogP contribution in [0.5, 0.6) is 0 Å². The molecule has 4 aliphatic heterocycles. The van der Waals surface area contributed by atoms with Crippen LogP contribution in [0.3, 0.4) is 0 Å². The summed E-state index contributed by atoms with van der Waals surface area (Å²) >= 11 is 0. The molecule has 0 atom stereocenters. The van der Waals surface area contributed by atoms with Crippen molar-refractivity contribution in [2.24, 2.45) is 0 Å². The van der Waals surface area contributed by atoms with E-state index in [1.54, 1.807) is 58.0 Å². The predicted molar refractivity (Wildman–Crippen MR) is 287 cm³/mol. The van der Waals surface area contributed by atoms with E-state index in [1.165, 1.54) is 39.0 Å². The quantitative estimate of drug-likeness (QED) is 0.0820. The summed E-state index contributed by atoms with van der Waals surface area (Å²) in [5.41, 5.74) is 5.81. The summed E-state index contributed by atoms with van der Waals surface area (Å²) in [5, 5.41) is 32.1. The summed E-state index contributed by atoms with van der Waals surface area (Å²) in [7, 11) is 0. The van der Waals surface area contributed by atoms with Crippen molar-refractivity contribution in [1.29, 1.82) is 0 Å². The van der Waals surface area contributed by atoms with E-state index in [0.29, 0.717) is 140 Å². The molecule has 4 aliphatic rings. The summed E-state index contributed by atoms with van der Waals surface area (Å²) in [4.78, 5) is 89.9. The molecule has 0 aliphatic carbocycles. The molecule has 0 bridgehead atoms. The number of benzene rings is 4. The van der Waals surface area contributed by atoms with Crippen LogP contribution in [-0.4, -0.2) is 182 Å². The van der Waals surface area contributed by atoms with Gasteiger partial charge < -0.3 is 25.3 Å². The Hall–Kier alpha value is -7.39. The summed E-state index contributed by atoms with van der Waals surface area (Å²) in [6, 6.07) is 17.7. The Morgan fingerprint density at radius 2 is 0.595 bits per heavy atom. The number of carbonyl (C=O) groups excluding carboxylic acids is 4. The highest BCUT2D eigenvalue weighted by Crippen LogP contribution is 2.25. The third-order valence-corrected chi connectivity index (χ3v) is 13.7. The van der Waals surface area contributed by atoms with Crippen LogP contribution in [0, 0.1) is 53.6 Å². The van der Waals surface area contributed by atoms with Crippen molar-refractivity contribution >= 4 is 58.8 Å². The molecule has 79 heavy (non-hydrogen) atoms. The molecule has 4 aromatic carbocycles. The molecule has 4 aromatic rings. The van der Waals surface area contributed by atoms with E-state index < -0.39 is 49.3 Å². The number of nitrogens with zero attached hydrogens (tertiary/aromatic N) is 11. The first-order valence-electron chi connectivity index (χ1n) is 25.2. The monoisotopic (exact) mass is 1130 g/mol. The Kier molecular flexibility index (Phi) is 24.9. The van der Waals surface area contributed by atoms with Gasteiger partial charge in [0.1, 0.15) is 0 Å². The number of carbonyl (C=O) groups is 4. The van der Waals surface area contributed by atoms with Crippen molar-refractivity contribution < 1.29 is 51.5 Å². The van der Waals surface area contributed by atoms with Gasteiger partial charge in [0.15, 0.2) is 5.82 Å². The number of hydrogen-bond acceptors (Lipinski definition) is 15. The first kappa shape index (κ1) is 64.1. The fourth-order valence-electron chi connectivity index (χ4n) is 9.06. The SMILES string of the molecule is CC(=O)N1CCN(Cc2cccc(N)c2F)CC1.CC(=O)N1CCN(Cc2cccc([N+](=O)[O-])c2F)CC1.CC(=O)N1CCN(Cc2cccc([N+](=O)[O-])c2F)CC1.CC(=O)N1CCN(Cc2cccc([N+](=O)[O-])c2F)CC1.Cl. The van der Waals surface area contributed by atoms with Gasteiger partial charge in [-0.3, -0.25) is 69.1 Å². The van der Waals surface area contributed by atoms with Crippen molar-refractivity contribution in [3.05, 3.63) is 149 Å². The molecule has 0 spiro atoms. The van der Waals surface area contributed by atoms with E-state index in [4.69, 9.17) is 5.73 Å². The van der Waals surface area contributed by atoms with Crippen molar-refractivity contribution in [1.82, 2.24) is 39.2 Å². The van der Waals surface area contributed by atoms with Crippen LogP contribution in [0.4, 0.5) is 40.3 Å². The second-order valence-corrected chi connectivity index (χ2v) is 19.0. The number of halogens is 5. The minimum absolute atomic E-state index is 0. The zero-order valence-corrected chi connectivity index (χ0v) is 45.4. The second kappa shape index (κ2) is 30.7. The highest BCUT2D eigenvalue weighted by Gasteiger charge is 2.26. The van der Waals surface area contributed by atoms with Gasteiger partial charge in [-0.05, 0) is 6.07 Å². The van der Waals surface area contributed by atoms with E-state index in [2.05, 4.69) is 4.90 Å². The first-order valence-corrected chi connectivity index (χ1v) is 25.2. The zero-order chi connectivity index (χ0) is 57.2. The maximum absolute atomic E-state index is 14.0. The number of rotatable bonds is 11. The molecule has 430 valence electrons. The van der Waals surface area contributed by atoms with E-state index in [-0.39, 0.29) is 47.5 Å². The average Bonchev–Trinajstić information content (AvgIpc) is 3.41. The highest BCUT2D eigenvalue weighted by atomic mass is 35.5. The van der Waals surface area contributed by atoms with Gasteiger partial charge in [-0.15, -0.1) is 12.4 Å². The number of nitro groups is 3. The Morgan fingerprint density at radius 1 is 0.392 bits per heavy atom. The summed E-state index contributed by atoms with van der Waals surface area (Å²) < 4.78 is 55.6. The molecule has 4 amide bonds.